The Morgan fingerprint density at radius 3 is 1.91 bits per heavy atom. The summed E-state index contributed by atoms with van der Waals surface area (Å²) in [5, 5.41) is 0. The molecule has 0 atom stereocenters. The summed E-state index contributed by atoms with van der Waals surface area (Å²) in [5.74, 6) is 0. The molecule has 0 aliphatic heterocycles. The lowest BCUT2D eigenvalue weighted by Crippen LogP contribution is -2.05. The van der Waals surface area contributed by atoms with Gasteiger partial charge in [-0.2, -0.15) is 0 Å². The van der Waals surface area contributed by atoms with Crippen LogP contribution in [-0.4, -0.2) is 11.9 Å². The maximum atomic E-state index is 3.61. The second-order valence-electron chi connectivity index (χ2n) is 2.43. The van der Waals surface area contributed by atoms with Crippen molar-refractivity contribution in [3.8, 4) is 0 Å². The van der Waals surface area contributed by atoms with Gasteiger partial charge in [-0.25, -0.2) is 0 Å². The van der Waals surface area contributed by atoms with Gasteiger partial charge in [0, 0.05) is 12.7 Å². The number of hydrogen-bond acceptors (Lipinski definition) is 1. The molecule has 0 rings (SSSR count). The first kappa shape index (κ1) is 12.9. The first-order valence-corrected chi connectivity index (χ1v) is 4.12. The molecule has 0 N–H and O–H groups in total. The molecule has 0 bridgehead atoms. The topological polar surface area (TPSA) is 3.24 Å². The molecule has 0 aromatic carbocycles. The summed E-state index contributed by atoms with van der Waals surface area (Å²) in [6.45, 7) is 11.9. The third-order valence-corrected chi connectivity index (χ3v) is 1.25. The van der Waals surface area contributed by atoms with E-state index in [4.69, 9.17) is 0 Å². The number of allylic oxidation sites excluding steroid dienone is 2. The van der Waals surface area contributed by atoms with Crippen LogP contribution < -0.4 is 0 Å². The fourth-order valence-electron chi connectivity index (χ4n) is 0.348. The number of rotatable bonds is 2. The van der Waals surface area contributed by atoms with E-state index in [1.807, 2.05) is 31.9 Å². The smallest absolute Gasteiger partial charge is 0.0108 e. The molecule has 1 heteroatoms. The molecule has 0 saturated carbocycles. The Hall–Kier alpha value is -0.720. The average Bonchev–Trinajstić information content (AvgIpc) is 2.03. The zero-order chi connectivity index (χ0) is 9.28. The van der Waals surface area contributed by atoms with E-state index in [0.717, 1.165) is 0 Å². The van der Waals surface area contributed by atoms with E-state index in [0.29, 0.717) is 0 Å². The molecule has 0 radical (unpaired) electrons. The van der Waals surface area contributed by atoms with Crippen molar-refractivity contribution in [2.24, 2.45) is 0 Å². The van der Waals surface area contributed by atoms with Crippen LogP contribution in [0.1, 0.15) is 34.1 Å². The van der Waals surface area contributed by atoms with E-state index in [9.17, 15) is 0 Å². The van der Waals surface area contributed by atoms with Crippen LogP contribution in [0, 0.1) is 0 Å². The Balaban J connectivity index is 0. The van der Waals surface area contributed by atoms with Crippen molar-refractivity contribution in [1.29, 1.82) is 0 Å². The van der Waals surface area contributed by atoms with Crippen molar-refractivity contribution < 1.29 is 0 Å². The molecule has 0 saturated heterocycles. The summed E-state index contributed by atoms with van der Waals surface area (Å²) in [6, 6.07) is 0. The van der Waals surface area contributed by atoms with Gasteiger partial charge in [-0.3, -0.25) is 0 Å². The highest BCUT2D eigenvalue weighted by Crippen LogP contribution is 1.97. The van der Waals surface area contributed by atoms with Gasteiger partial charge in [0.15, 0.2) is 0 Å². The molecule has 0 aromatic rings. The van der Waals surface area contributed by atoms with Gasteiger partial charge in [0.05, 0.1) is 0 Å². The predicted octanol–water partition coefficient (Wildman–Crippen LogP) is 3.40. The SMILES string of the molecule is C=CN(C)/C(C)=C\C.CCC. The summed E-state index contributed by atoms with van der Waals surface area (Å²) >= 11 is 0. The molecule has 0 aromatic heterocycles. The third kappa shape index (κ3) is 9.28. The second-order valence-corrected chi connectivity index (χ2v) is 2.43. The van der Waals surface area contributed by atoms with Gasteiger partial charge < -0.3 is 4.90 Å². The molecule has 0 aliphatic rings. The zero-order valence-corrected chi connectivity index (χ0v) is 8.52. The summed E-state index contributed by atoms with van der Waals surface area (Å²) in [6.07, 6.45) is 5.08. The van der Waals surface area contributed by atoms with Crippen molar-refractivity contribution in [2.45, 2.75) is 34.1 Å². The van der Waals surface area contributed by atoms with Crippen LogP contribution in [0.3, 0.4) is 0 Å². The molecule has 0 fully saturated rings. The Labute approximate surface area is 71.4 Å². The van der Waals surface area contributed by atoms with Crippen LogP contribution in [0.25, 0.3) is 0 Å². The normalized spacial score (nSPS) is 9.73. The summed E-state index contributed by atoms with van der Waals surface area (Å²) in [4.78, 5) is 1.97. The van der Waals surface area contributed by atoms with Crippen molar-refractivity contribution in [2.75, 3.05) is 7.05 Å². The Bertz CT molecular complexity index is 114. The zero-order valence-electron chi connectivity index (χ0n) is 8.52. The van der Waals surface area contributed by atoms with Gasteiger partial charge >= 0.3 is 0 Å². The first-order chi connectivity index (χ1) is 5.13. The fraction of sp³-hybridized carbons (Fsp3) is 0.600. The van der Waals surface area contributed by atoms with Crippen molar-refractivity contribution >= 4 is 0 Å². The van der Waals surface area contributed by atoms with Crippen LogP contribution in [-0.2, 0) is 0 Å². The largest absolute Gasteiger partial charge is 0.356 e. The second kappa shape index (κ2) is 9.28. The quantitative estimate of drug-likeness (QED) is 0.590. The lowest BCUT2D eigenvalue weighted by atomic mass is 10.4. The van der Waals surface area contributed by atoms with Gasteiger partial charge in [0.2, 0.25) is 0 Å². The fourth-order valence-corrected chi connectivity index (χ4v) is 0.348. The van der Waals surface area contributed by atoms with E-state index >= 15 is 0 Å². The molecule has 0 heterocycles. The molecule has 66 valence electrons. The molecule has 0 aliphatic carbocycles. The molecular weight excluding hydrogens is 134 g/mol. The van der Waals surface area contributed by atoms with E-state index in [1.165, 1.54) is 12.1 Å². The minimum Gasteiger partial charge on any atom is -0.356 e. The maximum Gasteiger partial charge on any atom is 0.0108 e. The van der Waals surface area contributed by atoms with Gasteiger partial charge in [0.25, 0.3) is 0 Å². The van der Waals surface area contributed by atoms with Crippen molar-refractivity contribution in [3.63, 3.8) is 0 Å². The number of hydrogen-bond donors (Lipinski definition) is 0. The molecule has 0 amide bonds. The van der Waals surface area contributed by atoms with Crippen molar-refractivity contribution in [3.05, 3.63) is 24.6 Å². The molecular formula is C10H21N. The van der Waals surface area contributed by atoms with Gasteiger partial charge in [-0.15, -0.1) is 0 Å². The van der Waals surface area contributed by atoms with Gasteiger partial charge in [0.1, 0.15) is 0 Å². The third-order valence-electron chi connectivity index (χ3n) is 1.25. The van der Waals surface area contributed by atoms with Crippen LogP contribution in [0.4, 0.5) is 0 Å². The predicted molar refractivity (Wildman–Crippen MR) is 53.4 cm³/mol. The van der Waals surface area contributed by atoms with Crippen LogP contribution in [0.2, 0.25) is 0 Å². The van der Waals surface area contributed by atoms with E-state index in [1.54, 1.807) is 6.20 Å². The Kier molecular flexibility index (Phi) is 10.9. The van der Waals surface area contributed by atoms with Crippen molar-refractivity contribution in [1.82, 2.24) is 4.90 Å². The standard InChI is InChI=1S/C7H13N.C3H8/c1-5-7(3)8(4)6-2;1-3-2/h5-6H,2H2,1,3-4H3;3H2,1-2H3/b7-5-;. The van der Waals surface area contributed by atoms with Gasteiger partial charge in [-0.1, -0.05) is 32.9 Å². The monoisotopic (exact) mass is 155 g/mol. The highest BCUT2D eigenvalue weighted by Gasteiger charge is 1.86. The van der Waals surface area contributed by atoms with E-state index in [2.05, 4.69) is 20.4 Å². The Morgan fingerprint density at radius 2 is 1.82 bits per heavy atom. The first-order valence-electron chi connectivity index (χ1n) is 4.12. The molecule has 0 unspecified atom stereocenters. The molecule has 0 spiro atoms. The summed E-state index contributed by atoms with van der Waals surface area (Å²) in [5.41, 5.74) is 1.22. The average molecular weight is 155 g/mol. The highest BCUT2D eigenvalue weighted by molar-refractivity contribution is 4.97. The van der Waals surface area contributed by atoms with E-state index < -0.39 is 0 Å². The minimum atomic E-state index is 1.22. The number of nitrogens with zero attached hydrogens (tertiary/aromatic N) is 1. The summed E-state index contributed by atoms with van der Waals surface area (Å²) < 4.78 is 0. The maximum absolute atomic E-state index is 3.61. The van der Waals surface area contributed by atoms with Crippen LogP contribution in [0.5, 0.6) is 0 Å². The lowest BCUT2D eigenvalue weighted by molar-refractivity contribution is 0.571. The highest BCUT2D eigenvalue weighted by atomic mass is 15.1. The molecule has 11 heavy (non-hydrogen) atoms. The van der Waals surface area contributed by atoms with Crippen LogP contribution >= 0.6 is 0 Å². The molecule has 1 nitrogen and oxygen atoms in total. The summed E-state index contributed by atoms with van der Waals surface area (Å²) in [7, 11) is 1.97. The lowest BCUT2D eigenvalue weighted by Gasteiger charge is -2.11. The van der Waals surface area contributed by atoms with Gasteiger partial charge in [-0.05, 0) is 20.0 Å². The van der Waals surface area contributed by atoms with Crippen LogP contribution in [0.15, 0.2) is 24.6 Å². The minimum absolute atomic E-state index is 1.22. The van der Waals surface area contributed by atoms with E-state index in [-0.39, 0.29) is 0 Å². The Morgan fingerprint density at radius 1 is 1.45 bits per heavy atom.